The van der Waals surface area contributed by atoms with Gasteiger partial charge in [0.15, 0.2) is 5.75 Å². The predicted molar refractivity (Wildman–Crippen MR) is 64.0 cm³/mol. The Kier molecular flexibility index (Phi) is 3.28. The summed E-state index contributed by atoms with van der Waals surface area (Å²) in [6.07, 6.45) is -1.48. The molecule has 1 heterocycles. The average Bonchev–Trinajstić information content (AvgIpc) is 2.35. The molecule has 7 heteroatoms. The molecule has 0 saturated carbocycles. The van der Waals surface area contributed by atoms with E-state index in [0.717, 1.165) is 0 Å². The van der Waals surface area contributed by atoms with Crippen LogP contribution in [0.25, 0.3) is 11.0 Å². The van der Waals surface area contributed by atoms with Crippen LogP contribution in [0.15, 0.2) is 27.4 Å². The zero-order chi connectivity index (χ0) is 14.0. The summed E-state index contributed by atoms with van der Waals surface area (Å²) < 4.78 is 14.4. The molecule has 0 aliphatic carbocycles. The summed E-state index contributed by atoms with van der Waals surface area (Å²) in [5.74, 6) is -0.738. The molecule has 7 nitrogen and oxygen atoms in total. The molecule has 1 aromatic carbocycles. The topological polar surface area (TPSA) is 106 Å². The van der Waals surface area contributed by atoms with Crippen LogP contribution in [0.3, 0.4) is 0 Å². The van der Waals surface area contributed by atoms with Crippen LogP contribution in [0.5, 0.6) is 17.2 Å². The Morgan fingerprint density at radius 3 is 2.79 bits per heavy atom. The van der Waals surface area contributed by atoms with E-state index in [2.05, 4.69) is 4.74 Å². The lowest BCUT2D eigenvalue weighted by atomic mass is 10.2. The number of rotatable bonds is 3. The van der Waals surface area contributed by atoms with Gasteiger partial charge in [0.2, 0.25) is 5.75 Å². The van der Waals surface area contributed by atoms with Crippen molar-refractivity contribution in [2.45, 2.75) is 6.92 Å². The number of hydrogen-bond donors (Lipinski definition) is 2. The van der Waals surface area contributed by atoms with Crippen LogP contribution in [-0.2, 0) is 0 Å². The molecular formula is C12H10O7. The minimum atomic E-state index is -1.48. The Morgan fingerprint density at radius 1 is 1.42 bits per heavy atom. The van der Waals surface area contributed by atoms with Gasteiger partial charge in [0, 0.05) is 0 Å². The van der Waals surface area contributed by atoms with E-state index < -0.39 is 17.5 Å². The van der Waals surface area contributed by atoms with Crippen molar-refractivity contribution in [1.82, 2.24) is 0 Å². The molecule has 0 bridgehead atoms. The van der Waals surface area contributed by atoms with Crippen LogP contribution in [0.1, 0.15) is 6.92 Å². The molecule has 0 radical (unpaired) electrons. The Bertz CT molecular complexity index is 686. The molecular weight excluding hydrogens is 256 g/mol. The Morgan fingerprint density at radius 2 is 2.16 bits per heavy atom. The number of benzene rings is 1. The summed E-state index contributed by atoms with van der Waals surface area (Å²) in [6.45, 7) is 1.82. The quantitative estimate of drug-likeness (QED) is 0.496. The first-order chi connectivity index (χ1) is 9.02. The molecule has 0 aliphatic heterocycles. The minimum Gasteiger partial charge on any atom is -0.504 e. The van der Waals surface area contributed by atoms with Crippen molar-refractivity contribution in [2.75, 3.05) is 6.61 Å². The van der Waals surface area contributed by atoms with Crippen molar-refractivity contribution < 1.29 is 28.9 Å². The van der Waals surface area contributed by atoms with E-state index in [4.69, 9.17) is 14.3 Å². The highest BCUT2D eigenvalue weighted by atomic mass is 16.7. The van der Waals surface area contributed by atoms with E-state index in [1.165, 1.54) is 18.2 Å². The fraction of sp³-hybridized carbons (Fsp3) is 0.167. The molecule has 0 unspecified atom stereocenters. The Hall–Kier alpha value is -2.70. The van der Waals surface area contributed by atoms with E-state index in [9.17, 15) is 14.7 Å². The van der Waals surface area contributed by atoms with Gasteiger partial charge in [0.25, 0.3) is 0 Å². The maximum atomic E-state index is 11.5. The standard InChI is InChI=1S/C12H10O7/c1-2-17-10-9(13)7-5-6(18-12(15)16)3-4-8(7)19-11(10)14/h3-5,13H,2H2,1H3,(H,15,16). The molecule has 0 aliphatic rings. The molecule has 2 N–H and O–H groups in total. The molecule has 0 fully saturated rings. The number of hydrogen-bond acceptors (Lipinski definition) is 6. The first-order valence-electron chi connectivity index (χ1n) is 5.36. The van der Waals surface area contributed by atoms with Crippen molar-refractivity contribution >= 4 is 17.1 Å². The number of aromatic hydroxyl groups is 1. The molecule has 2 rings (SSSR count). The van der Waals surface area contributed by atoms with Crippen LogP contribution in [-0.4, -0.2) is 23.0 Å². The predicted octanol–water partition coefficient (Wildman–Crippen LogP) is 1.95. The van der Waals surface area contributed by atoms with Crippen LogP contribution in [0, 0.1) is 0 Å². The molecule has 0 atom stereocenters. The van der Waals surface area contributed by atoms with Crippen molar-refractivity contribution in [1.29, 1.82) is 0 Å². The van der Waals surface area contributed by atoms with Crippen LogP contribution in [0.2, 0.25) is 0 Å². The monoisotopic (exact) mass is 266 g/mol. The zero-order valence-corrected chi connectivity index (χ0v) is 9.87. The molecule has 1 aromatic heterocycles. The van der Waals surface area contributed by atoms with Crippen LogP contribution >= 0.6 is 0 Å². The number of ether oxygens (including phenoxy) is 2. The van der Waals surface area contributed by atoms with Gasteiger partial charge in [0.1, 0.15) is 11.3 Å². The van der Waals surface area contributed by atoms with Gasteiger partial charge in [-0.1, -0.05) is 0 Å². The highest BCUT2D eigenvalue weighted by molar-refractivity contribution is 5.86. The first kappa shape index (κ1) is 12.7. The molecule has 0 amide bonds. The van der Waals surface area contributed by atoms with Crippen LogP contribution in [0.4, 0.5) is 4.79 Å². The van der Waals surface area contributed by atoms with Gasteiger partial charge in [-0.05, 0) is 25.1 Å². The Labute approximate surface area is 106 Å². The highest BCUT2D eigenvalue weighted by Crippen LogP contribution is 2.33. The lowest BCUT2D eigenvalue weighted by Crippen LogP contribution is -2.07. The second-order valence-electron chi connectivity index (χ2n) is 3.53. The largest absolute Gasteiger partial charge is 0.511 e. The third-order valence-corrected chi connectivity index (χ3v) is 2.30. The van der Waals surface area contributed by atoms with Crippen molar-refractivity contribution in [3.8, 4) is 17.2 Å². The maximum absolute atomic E-state index is 11.5. The second-order valence-corrected chi connectivity index (χ2v) is 3.53. The lowest BCUT2D eigenvalue weighted by Gasteiger charge is -2.07. The summed E-state index contributed by atoms with van der Waals surface area (Å²) in [5.41, 5.74) is -0.706. The average molecular weight is 266 g/mol. The highest BCUT2D eigenvalue weighted by Gasteiger charge is 2.16. The van der Waals surface area contributed by atoms with Gasteiger partial charge in [0.05, 0.1) is 12.0 Å². The summed E-state index contributed by atoms with van der Waals surface area (Å²) in [7, 11) is 0. The normalized spacial score (nSPS) is 10.4. The lowest BCUT2D eigenvalue weighted by molar-refractivity contribution is 0.144. The molecule has 2 aromatic rings. The van der Waals surface area contributed by atoms with E-state index in [-0.39, 0.29) is 29.1 Å². The minimum absolute atomic E-state index is 0.00778. The van der Waals surface area contributed by atoms with Gasteiger partial charge < -0.3 is 24.1 Å². The van der Waals surface area contributed by atoms with Gasteiger partial charge >= 0.3 is 11.8 Å². The van der Waals surface area contributed by atoms with Crippen LogP contribution < -0.4 is 15.1 Å². The Balaban J connectivity index is 2.63. The third-order valence-electron chi connectivity index (χ3n) is 2.30. The SMILES string of the molecule is CCOc1c(O)c2cc(OC(=O)O)ccc2oc1=O. The van der Waals surface area contributed by atoms with Crippen molar-refractivity contribution in [2.24, 2.45) is 0 Å². The van der Waals surface area contributed by atoms with Gasteiger partial charge in [-0.25, -0.2) is 9.59 Å². The smallest absolute Gasteiger partial charge is 0.504 e. The zero-order valence-electron chi connectivity index (χ0n) is 9.87. The van der Waals surface area contributed by atoms with Crippen molar-refractivity contribution in [3.63, 3.8) is 0 Å². The van der Waals surface area contributed by atoms with Crippen molar-refractivity contribution in [3.05, 3.63) is 28.6 Å². The molecule has 19 heavy (non-hydrogen) atoms. The van der Waals surface area contributed by atoms with E-state index in [0.29, 0.717) is 0 Å². The summed E-state index contributed by atoms with van der Waals surface area (Å²) in [5, 5.41) is 18.6. The number of carbonyl (C=O) groups is 1. The second kappa shape index (κ2) is 4.89. The fourth-order valence-corrected chi connectivity index (χ4v) is 1.58. The summed E-state index contributed by atoms with van der Waals surface area (Å²) >= 11 is 0. The number of fused-ring (bicyclic) bond motifs is 1. The molecule has 100 valence electrons. The van der Waals surface area contributed by atoms with Gasteiger partial charge in [-0.3, -0.25) is 0 Å². The molecule has 0 saturated heterocycles. The van der Waals surface area contributed by atoms with E-state index in [1.807, 2.05) is 0 Å². The van der Waals surface area contributed by atoms with Gasteiger partial charge in [-0.15, -0.1) is 0 Å². The fourth-order valence-electron chi connectivity index (χ4n) is 1.58. The van der Waals surface area contributed by atoms with E-state index in [1.54, 1.807) is 6.92 Å². The van der Waals surface area contributed by atoms with E-state index >= 15 is 0 Å². The van der Waals surface area contributed by atoms with Gasteiger partial charge in [-0.2, -0.15) is 0 Å². The first-order valence-corrected chi connectivity index (χ1v) is 5.36. The summed E-state index contributed by atoms with van der Waals surface area (Å²) in [4.78, 5) is 22.0. The molecule has 0 spiro atoms. The summed E-state index contributed by atoms with van der Waals surface area (Å²) in [6, 6.07) is 3.87. The third kappa shape index (κ3) is 2.44. The number of carboxylic acid groups (broad SMARTS) is 1. The maximum Gasteiger partial charge on any atom is 0.511 e.